The highest BCUT2D eigenvalue weighted by Gasteiger charge is 2.12. The lowest BCUT2D eigenvalue weighted by molar-refractivity contribution is 0.311. The molecule has 0 saturated carbocycles. The van der Waals surface area contributed by atoms with Crippen LogP contribution in [0.3, 0.4) is 0 Å². The molecule has 78 valence electrons. The van der Waals surface area contributed by atoms with Gasteiger partial charge in [0.2, 0.25) is 0 Å². The second-order valence-corrected chi connectivity index (χ2v) is 3.72. The molecule has 1 aromatic heterocycles. The molecule has 1 aromatic rings. The van der Waals surface area contributed by atoms with E-state index in [-0.39, 0.29) is 12.0 Å². The van der Waals surface area contributed by atoms with Crippen molar-refractivity contribution in [3.63, 3.8) is 0 Å². The zero-order valence-corrected chi connectivity index (χ0v) is 9.18. The van der Waals surface area contributed by atoms with Gasteiger partial charge in [0.15, 0.2) is 0 Å². The van der Waals surface area contributed by atoms with Crippen molar-refractivity contribution >= 4 is 29.0 Å². The van der Waals surface area contributed by atoms with Crippen molar-refractivity contribution in [3.05, 3.63) is 17.0 Å². The number of aromatic nitrogens is 2. The fraction of sp³-hybridized carbons (Fsp3) is 0.500. The van der Waals surface area contributed by atoms with Crippen LogP contribution in [0.25, 0.3) is 0 Å². The third-order valence-electron chi connectivity index (χ3n) is 1.60. The lowest BCUT2D eigenvalue weighted by atomic mass is 10.3. The summed E-state index contributed by atoms with van der Waals surface area (Å²) in [7, 11) is 0. The molecule has 1 rings (SSSR count). The molecule has 0 fully saturated rings. The number of anilines is 1. The standard InChI is InChI=1S/C8H11Cl2N3O/c1-5(9)7-6(10)8(11-2-3-14)13-4-12-7/h4-5,14H,2-3H2,1H3,(H,11,12,13). The van der Waals surface area contributed by atoms with Crippen molar-refractivity contribution < 1.29 is 5.11 Å². The number of alkyl halides is 1. The Bertz CT molecular complexity index is 307. The topological polar surface area (TPSA) is 58.0 Å². The maximum atomic E-state index is 8.62. The number of rotatable bonds is 4. The summed E-state index contributed by atoms with van der Waals surface area (Å²) in [6, 6.07) is 0. The third-order valence-corrected chi connectivity index (χ3v) is 2.18. The highest BCUT2D eigenvalue weighted by molar-refractivity contribution is 6.34. The molecule has 0 radical (unpaired) electrons. The fourth-order valence-electron chi connectivity index (χ4n) is 0.958. The van der Waals surface area contributed by atoms with Crippen LogP contribution in [0.2, 0.25) is 5.02 Å². The number of hydrogen-bond donors (Lipinski definition) is 2. The summed E-state index contributed by atoms with van der Waals surface area (Å²) in [6.07, 6.45) is 1.39. The van der Waals surface area contributed by atoms with Crippen molar-refractivity contribution in [2.75, 3.05) is 18.5 Å². The quantitative estimate of drug-likeness (QED) is 0.783. The number of nitrogens with one attached hydrogen (secondary N) is 1. The van der Waals surface area contributed by atoms with E-state index < -0.39 is 0 Å². The molecule has 0 aliphatic heterocycles. The number of nitrogens with zero attached hydrogens (tertiary/aromatic N) is 2. The van der Waals surface area contributed by atoms with E-state index in [4.69, 9.17) is 28.3 Å². The Labute approximate surface area is 92.3 Å². The van der Waals surface area contributed by atoms with Crippen molar-refractivity contribution in [2.45, 2.75) is 12.3 Å². The van der Waals surface area contributed by atoms with Gasteiger partial charge in [0.1, 0.15) is 17.2 Å². The lowest BCUT2D eigenvalue weighted by Crippen LogP contribution is -2.09. The summed E-state index contributed by atoms with van der Waals surface area (Å²) >= 11 is 11.8. The zero-order chi connectivity index (χ0) is 10.6. The zero-order valence-electron chi connectivity index (χ0n) is 7.67. The Morgan fingerprint density at radius 1 is 1.57 bits per heavy atom. The molecule has 0 saturated heterocycles. The van der Waals surface area contributed by atoms with Crippen LogP contribution in [0.4, 0.5) is 5.82 Å². The van der Waals surface area contributed by atoms with Gasteiger partial charge in [-0.05, 0) is 6.92 Å². The first-order chi connectivity index (χ1) is 6.66. The van der Waals surface area contributed by atoms with E-state index in [9.17, 15) is 0 Å². The molecule has 6 heteroatoms. The average Bonchev–Trinajstić information content (AvgIpc) is 2.16. The summed E-state index contributed by atoms with van der Waals surface area (Å²) in [4.78, 5) is 7.90. The van der Waals surface area contributed by atoms with Crippen LogP contribution in [-0.4, -0.2) is 28.2 Å². The lowest BCUT2D eigenvalue weighted by Gasteiger charge is -2.09. The summed E-state index contributed by atoms with van der Waals surface area (Å²) in [5, 5.41) is 11.6. The highest BCUT2D eigenvalue weighted by Crippen LogP contribution is 2.29. The first-order valence-corrected chi connectivity index (χ1v) is 4.97. The molecule has 0 spiro atoms. The van der Waals surface area contributed by atoms with Gasteiger partial charge in [0.25, 0.3) is 0 Å². The Morgan fingerprint density at radius 2 is 2.29 bits per heavy atom. The van der Waals surface area contributed by atoms with Gasteiger partial charge in [-0.2, -0.15) is 0 Å². The van der Waals surface area contributed by atoms with Crippen molar-refractivity contribution in [2.24, 2.45) is 0 Å². The van der Waals surface area contributed by atoms with Gasteiger partial charge < -0.3 is 10.4 Å². The third kappa shape index (κ3) is 2.70. The number of halogens is 2. The van der Waals surface area contributed by atoms with Crippen LogP contribution in [0, 0.1) is 0 Å². The first kappa shape index (κ1) is 11.5. The monoisotopic (exact) mass is 235 g/mol. The van der Waals surface area contributed by atoms with Crippen LogP contribution in [-0.2, 0) is 0 Å². The van der Waals surface area contributed by atoms with Gasteiger partial charge in [-0.3, -0.25) is 0 Å². The second kappa shape index (κ2) is 5.34. The Hall–Kier alpha value is -0.580. The average molecular weight is 236 g/mol. The Kier molecular flexibility index (Phi) is 4.38. The first-order valence-electron chi connectivity index (χ1n) is 4.16. The van der Waals surface area contributed by atoms with Crippen LogP contribution >= 0.6 is 23.2 Å². The molecule has 2 N–H and O–H groups in total. The van der Waals surface area contributed by atoms with Gasteiger partial charge in [-0.1, -0.05) is 11.6 Å². The van der Waals surface area contributed by atoms with Crippen molar-refractivity contribution in [1.29, 1.82) is 0 Å². The molecule has 1 unspecified atom stereocenters. The van der Waals surface area contributed by atoms with E-state index in [1.54, 1.807) is 6.92 Å². The normalized spacial score (nSPS) is 12.6. The van der Waals surface area contributed by atoms with Gasteiger partial charge in [0, 0.05) is 6.54 Å². The van der Waals surface area contributed by atoms with E-state index in [0.29, 0.717) is 23.1 Å². The Balaban J connectivity index is 2.89. The molecule has 1 atom stereocenters. The van der Waals surface area contributed by atoms with Crippen LogP contribution in [0.1, 0.15) is 18.0 Å². The molecular formula is C8H11Cl2N3O. The molecule has 14 heavy (non-hydrogen) atoms. The van der Waals surface area contributed by atoms with E-state index in [1.807, 2.05) is 0 Å². The SMILES string of the molecule is CC(Cl)c1ncnc(NCCO)c1Cl. The number of aliphatic hydroxyl groups excluding tert-OH is 1. The molecular weight excluding hydrogens is 225 g/mol. The minimum absolute atomic E-state index is 0.0199. The molecule has 0 aromatic carbocycles. The maximum absolute atomic E-state index is 8.62. The van der Waals surface area contributed by atoms with E-state index in [0.717, 1.165) is 0 Å². The Morgan fingerprint density at radius 3 is 2.86 bits per heavy atom. The number of aliphatic hydroxyl groups is 1. The van der Waals surface area contributed by atoms with Gasteiger partial charge >= 0.3 is 0 Å². The number of hydrogen-bond acceptors (Lipinski definition) is 4. The summed E-state index contributed by atoms with van der Waals surface area (Å²) in [5.74, 6) is 0.498. The predicted molar refractivity (Wildman–Crippen MR) is 56.9 cm³/mol. The highest BCUT2D eigenvalue weighted by atomic mass is 35.5. The second-order valence-electron chi connectivity index (χ2n) is 2.69. The van der Waals surface area contributed by atoms with Crippen LogP contribution in [0.15, 0.2) is 6.33 Å². The summed E-state index contributed by atoms with van der Waals surface area (Å²) < 4.78 is 0. The van der Waals surface area contributed by atoms with Gasteiger partial charge in [-0.15, -0.1) is 11.6 Å². The van der Waals surface area contributed by atoms with Gasteiger partial charge in [0.05, 0.1) is 17.7 Å². The summed E-state index contributed by atoms with van der Waals surface area (Å²) in [6.45, 7) is 2.20. The van der Waals surface area contributed by atoms with Crippen molar-refractivity contribution in [3.8, 4) is 0 Å². The maximum Gasteiger partial charge on any atom is 0.148 e. The predicted octanol–water partition coefficient (Wildman–Crippen LogP) is 1.83. The molecule has 0 amide bonds. The smallest absolute Gasteiger partial charge is 0.148 e. The van der Waals surface area contributed by atoms with E-state index >= 15 is 0 Å². The minimum Gasteiger partial charge on any atom is -0.395 e. The van der Waals surface area contributed by atoms with E-state index in [2.05, 4.69) is 15.3 Å². The minimum atomic E-state index is -0.264. The molecule has 0 aliphatic carbocycles. The molecule has 4 nitrogen and oxygen atoms in total. The van der Waals surface area contributed by atoms with Gasteiger partial charge in [-0.25, -0.2) is 9.97 Å². The largest absolute Gasteiger partial charge is 0.395 e. The molecule has 0 bridgehead atoms. The van der Waals surface area contributed by atoms with E-state index in [1.165, 1.54) is 6.33 Å². The molecule has 1 heterocycles. The van der Waals surface area contributed by atoms with Crippen molar-refractivity contribution in [1.82, 2.24) is 9.97 Å². The van der Waals surface area contributed by atoms with Crippen LogP contribution in [0.5, 0.6) is 0 Å². The fourth-order valence-corrected chi connectivity index (χ4v) is 1.51. The summed E-state index contributed by atoms with van der Waals surface area (Å²) in [5.41, 5.74) is 0.587. The van der Waals surface area contributed by atoms with Crippen LogP contribution < -0.4 is 5.32 Å². The molecule has 0 aliphatic rings.